The molecule has 104 valence electrons. The summed E-state index contributed by atoms with van der Waals surface area (Å²) >= 11 is 4.98. The molecule has 0 radical (unpaired) electrons. The Kier molecular flexibility index (Phi) is 2.86. The van der Waals surface area contributed by atoms with E-state index in [9.17, 15) is 0 Å². The van der Waals surface area contributed by atoms with Crippen LogP contribution in [0, 0.1) is 6.92 Å². The summed E-state index contributed by atoms with van der Waals surface area (Å²) < 4.78 is 8.15. The Morgan fingerprint density at radius 3 is 3.00 bits per heavy atom. The van der Waals surface area contributed by atoms with Crippen molar-refractivity contribution >= 4 is 32.9 Å². The van der Waals surface area contributed by atoms with E-state index in [0.717, 1.165) is 25.6 Å². The van der Waals surface area contributed by atoms with Crippen molar-refractivity contribution in [3.05, 3.63) is 40.1 Å². The third kappa shape index (κ3) is 2.07. The summed E-state index contributed by atoms with van der Waals surface area (Å²) in [4.78, 5) is 9.73. The number of hydrogen-bond donors (Lipinski definition) is 0. The molecule has 0 amide bonds. The van der Waals surface area contributed by atoms with Crippen LogP contribution in [0.1, 0.15) is 5.69 Å². The van der Waals surface area contributed by atoms with Gasteiger partial charge in [-0.25, -0.2) is 9.50 Å². The van der Waals surface area contributed by atoms with Crippen molar-refractivity contribution in [3.8, 4) is 22.2 Å². The lowest BCUT2D eigenvalue weighted by Gasteiger charge is -2.02. The van der Waals surface area contributed by atoms with Crippen molar-refractivity contribution < 1.29 is 4.52 Å². The predicted molar refractivity (Wildman–Crippen MR) is 82.0 cm³/mol. The van der Waals surface area contributed by atoms with E-state index in [1.165, 1.54) is 0 Å². The molecule has 0 aliphatic heterocycles. The lowest BCUT2D eigenvalue weighted by atomic mass is 10.2. The minimum absolute atomic E-state index is 0.442. The summed E-state index contributed by atoms with van der Waals surface area (Å²) in [5, 5.41) is 8.26. The van der Waals surface area contributed by atoms with Gasteiger partial charge in [0.15, 0.2) is 5.65 Å². The molecule has 0 spiro atoms. The number of aromatic nitrogens is 5. The van der Waals surface area contributed by atoms with Gasteiger partial charge in [0, 0.05) is 12.3 Å². The molecule has 0 unspecified atom stereocenters. The molecular weight excluding hydrogens is 354 g/mol. The van der Waals surface area contributed by atoms with Gasteiger partial charge in [0.1, 0.15) is 0 Å². The van der Waals surface area contributed by atoms with E-state index in [2.05, 4.69) is 36.2 Å². The van der Waals surface area contributed by atoms with Crippen molar-refractivity contribution in [3.63, 3.8) is 0 Å². The van der Waals surface area contributed by atoms with Gasteiger partial charge >= 0.3 is 0 Å². The highest BCUT2D eigenvalue weighted by molar-refractivity contribution is 9.11. The Bertz CT molecular complexity index is 941. The van der Waals surface area contributed by atoms with Gasteiger partial charge in [0.05, 0.1) is 26.1 Å². The first-order valence-electron chi connectivity index (χ1n) is 6.11. The Morgan fingerprint density at radius 2 is 2.19 bits per heavy atom. The van der Waals surface area contributed by atoms with Crippen LogP contribution >= 0.6 is 27.3 Å². The molecule has 0 fully saturated rings. The minimum atomic E-state index is 0.442. The maximum atomic E-state index is 5.37. The van der Waals surface area contributed by atoms with Gasteiger partial charge in [-0.2, -0.15) is 10.1 Å². The molecule has 21 heavy (non-hydrogen) atoms. The van der Waals surface area contributed by atoms with E-state index in [-0.39, 0.29) is 0 Å². The SMILES string of the molecule is Cc1c(-c2nc(-c3ccc(Br)s3)no2)cnc2ccnn12. The zero-order valence-electron chi connectivity index (χ0n) is 10.8. The molecule has 0 aliphatic carbocycles. The Labute approximate surface area is 131 Å². The molecule has 0 aliphatic rings. The number of thiophene rings is 1. The van der Waals surface area contributed by atoms with Crippen LogP contribution in [0.3, 0.4) is 0 Å². The number of fused-ring (bicyclic) bond motifs is 1. The lowest BCUT2D eigenvalue weighted by Crippen LogP contribution is -1.98. The molecule has 0 aromatic carbocycles. The van der Waals surface area contributed by atoms with Gasteiger partial charge in [0.2, 0.25) is 5.82 Å². The Hall–Kier alpha value is -2.06. The second-order valence-electron chi connectivity index (χ2n) is 4.39. The quantitative estimate of drug-likeness (QED) is 0.545. The van der Waals surface area contributed by atoms with Crippen LogP contribution in [0.25, 0.3) is 27.8 Å². The molecule has 4 rings (SSSR count). The third-order valence-electron chi connectivity index (χ3n) is 3.11. The summed E-state index contributed by atoms with van der Waals surface area (Å²) in [6.45, 7) is 1.95. The zero-order chi connectivity index (χ0) is 14.4. The first-order valence-corrected chi connectivity index (χ1v) is 7.72. The van der Waals surface area contributed by atoms with Crippen LogP contribution in [0.2, 0.25) is 0 Å². The van der Waals surface area contributed by atoms with Crippen molar-refractivity contribution in [2.75, 3.05) is 0 Å². The fourth-order valence-electron chi connectivity index (χ4n) is 2.07. The molecule has 0 atom stereocenters. The van der Waals surface area contributed by atoms with Gasteiger partial charge in [0.25, 0.3) is 5.89 Å². The van der Waals surface area contributed by atoms with Crippen molar-refractivity contribution in [2.24, 2.45) is 0 Å². The van der Waals surface area contributed by atoms with Crippen molar-refractivity contribution in [2.45, 2.75) is 6.92 Å². The van der Waals surface area contributed by atoms with E-state index >= 15 is 0 Å². The number of halogens is 1. The van der Waals surface area contributed by atoms with E-state index in [1.54, 1.807) is 28.2 Å². The molecule has 0 bridgehead atoms. The van der Waals surface area contributed by atoms with Gasteiger partial charge in [-0.1, -0.05) is 5.16 Å². The van der Waals surface area contributed by atoms with E-state index in [1.807, 2.05) is 25.1 Å². The van der Waals surface area contributed by atoms with Crippen LogP contribution in [0.15, 0.2) is 38.9 Å². The fourth-order valence-corrected chi connectivity index (χ4v) is 3.38. The van der Waals surface area contributed by atoms with Crippen LogP contribution in [0.4, 0.5) is 0 Å². The summed E-state index contributed by atoms with van der Waals surface area (Å²) in [7, 11) is 0. The van der Waals surface area contributed by atoms with Gasteiger partial charge in [-0.05, 0) is 35.0 Å². The highest BCUT2D eigenvalue weighted by Gasteiger charge is 2.16. The van der Waals surface area contributed by atoms with Crippen molar-refractivity contribution in [1.82, 2.24) is 24.7 Å². The number of rotatable bonds is 2. The summed E-state index contributed by atoms with van der Waals surface area (Å²) in [5.41, 5.74) is 2.48. The average Bonchev–Trinajstić information content (AvgIpc) is 3.17. The second kappa shape index (κ2) is 4.74. The minimum Gasteiger partial charge on any atom is -0.333 e. The Balaban J connectivity index is 1.82. The molecule has 4 aromatic heterocycles. The van der Waals surface area contributed by atoms with Crippen LogP contribution in [-0.2, 0) is 0 Å². The second-order valence-corrected chi connectivity index (χ2v) is 6.85. The highest BCUT2D eigenvalue weighted by atomic mass is 79.9. The van der Waals surface area contributed by atoms with Crippen LogP contribution in [-0.4, -0.2) is 24.7 Å². The van der Waals surface area contributed by atoms with Gasteiger partial charge < -0.3 is 4.52 Å². The van der Waals surface area contributed by atoms with E-state index in [4.69, 9.17) is 4.52 Å². The third-order valence-corrected chi connectivity index (χ3v) is 4.73. The number of aryl methyl sites for hydroxylation is 1. The van der Waals surface area contributed by atoms with Crippen molar-refractivity contribution in [1.29, 1.82) is 0 Å². The maximum absolute atomic E-state index is 5.37. The first-order chi connectivity index (χ1) is 10.2. The molecule has 4 heterocycles. The lowest BCUT2D eigenvalue weighted by molar-refractivity contribution is 0.431. The Morgan fingerprint density at radius 1 is 1.29 bits per heavy atom. The number of nitrogens with zero attached hydrogens (tertiary/aromatic N) is 5. The fraction of sp³-hybridized carbons (Fsp3) is 0.0769. The highest BCUT2D eigenvalue weighted by Crippen LogP contribution is 2.31. The molecule has 4 aromatic rings. The molecular formula is C13H8BrN5OS. The largest absolute Gasteiger partial charge is 0.333 e. The normalized spacial score (nSPS) is 11.3. The molecule has 6 nitrogen and oxygen atoms in total. The average molecular weight is 362 g/mol. The molecule has 8 heteroatoms. The predicted octanol–water partition coefficient (Wildman–Crippen LogP) is 3.58. The zero-order valence-corrected chi connectivity index (χ0v) is 13.2. The topological polar surface area (TPSA) is 69.1 Å². The summed E-state index contributed by atoms with van der Waals surface area (Å²) in [5.74, 6) is 1.01. The maximum Gasteiger partial charge on any atom is 0.261 e. The van der Waals surface area contributed by atoms with E-state index < -0.39 is 0 Å². The summed E-state index contributed by atoms with van der Waals surface area (Å²) in [6.07, 6.45) is 3.44. The van der Waals surface area contributed by atoms with Gasteiger partial charge in [-0.3, -0.25) is 0 Å². The smallest absolute Gasteiger partial charge is 0.261 e. The first kappa shape index (κ1) is 12.7. The molecule has 0 saturated heterocycles. The van der Waals surface area contributed by atoms with Crippen LogP contribution in [0.5, 0.6) is 0 Å². The molecule has 0 saturated carbocycles. The standard InChI is InChI=1S/C13H8BrN5OS/c1-7-8(6-15-11-4-5-16-19(7)11)13-17-12(18-20-13)9-2-3-10(14)21-9/h2-6H,1H3. The van der Waals surface area contributed by atoms with Crippen LogP contribution < -0.4 is 0 Å². The van der Waals surface area contributed by atoms with Gasteiger partial charge in [-0.15, -0.1) is 11.3 Å². The summed E-state index contributed by atoms with van der Waals surface area (Å²) in [6, 6.07) is 5.75. The molecule has 0 N–H and O–H groups in total. The van der Waals surface area contributed by atoms with E-state index in [0.29, 0.717) is 11.7 Å². The number of hydrogen-bond acceptors (Lipinski definition) is 6. The monoisotopic (exact) mass is 361 g/mol.